The second-order valence-electron chi connectivity index (χ2n) is 3.72. The van der Waals surface area contributed by atoms with Gasteiger partial charge in [0.2, 0.25) is 5.91 Å². The number of rotatable bonds is 4. The Morgan fingerprint density at radius 1 is 1.71 bits per heavy atom. The third kappa shape index (κ3) is 2.48. The van der Waals surface area contributed by atoms with E-state index in [-0.39, 0.29) is 12.5 Å². The minimum Gasteiger partial charge on any atom is -0.396 e. The Morgan fingerprint density at radius 2 is 2.50 bits per heavy atom. The molecule has 0 saturated heterocycles. The molecule has 0 aliphatic heterocycles. The van der Waals surface area contributed by atoms with Crippen molar-refractivity contribution < 1.29 is 4.79 Å². The van der Waals surface area contributed by atoms with Gasteiger partial charge in [0.15, 0.2) is 0 Å². The number of anilines is 1. The van der Waals surface area contributed by atoms with Crippen LogP contribution in [-0.4, -0.2) is 22.2 Å². The van der Waals surface area contributed by atoms with E-state index in [1.807, 2.05) is 0 Å². The smallest absolute Gasteiger partial charge is 0.241 e. The molecule has 0 radical (unpaired) electrons. The van der Waals surface area contributed by atoms with Crippen molar-refractivity contribution in [1.29, 1.82) is 0 Å². The molecule has 1 amide bonds. The summed E-state index contributed by atoms with van der Waals surface area (Å²) in [6, 6.07) is 0. The predicted octanol–water partition coefficient (Wildman–Crippen LogP) is -0.00850. The molecule has 76 valence electrons. The van der Waals surface area contributed by atoms with Crippen LogP contribution in [0.15, 0.2) is 12.4 Å². The Bertz CT molecular complexity index is 329. The van der Waals surface area contributed by atoms with E-state index in [0.29, 0.717) is 11.6 Å². The number of aromatic nitrogens is 2. The molecule has 0 atom stereocenters. The molecule has 1 fully saturated rings. The number of amides is 1. The highest BCUT2D eigenvalue weighted by atomic mass is 16.2. The van der Waals surface area contributed by atoms with E-state index in [4.69, 9.17) is 5.73 Å². The molecule has 5 heteroatoms. The van der Waals surface area contributed by atoms with Gasteiger partial charge in [-0.2, -0.15) is 5.10 Å². The van der Waals surface area contributed by atoms with Gasteiger partial charge in [-0.15, -0.1) is 0 Å². The first-order chi connectivity index (χ1) is 6.74. The molecule has 0 unspecified atom stereocenters. The second kappa shape index (κ2) is 3.69. The molecular formula is C9H14N4O. The minimum atomic E-state index is 0.000000000000000222. The second-order valence-corrected chi connectivity index (χ2v) is 3.72. The first kappa shape index (κ1) is 9.05. The Hall–Kier alpha value is -1.52. The van der Waals surface area contributed by atoms with Gasteiger partial charge in [0.1, 0.15) is 6.54 Å². The van der Waals surface area contributed by atoms with E-state index in [9.17, 15) is 4.79 Å². The van der Waals surface area contributed by atoms with Crippen LogP contribution >= 0.6 is 0 Å². The molecule has 0 bridgehead atoms. The van der Waals surface area contributed by atoms with Crippen LogP contribution in [0.2, 0.25) is 0 Å². The lowest BCUT2D eigenvalue weighted by molar-refractivity contribution is -0.121. The highest BCUT2D eigenvalue weighted by Gasteiger charge is 2.21. The number of nitrogens with one attached hydrogen (secondary N) is 1. The Morgan fingerprint density at radius 3 is 3.07 bits per heavy atom. The van der Waals surface area contributed by atoms with Crippen LogP contribution in [0.25, 0.3) is 0 Å². The molecule has 3 N–H and O–H groups in total. The van der Waals surface area contributed by atoms with E-state index in [0.717, 1.165) is 6.54 Å². The third-order valence-corrected chi connectivity index (χ3v) is 2.24. The molecule has 1 heterocycles. The van der Waals surface area contributed by atoms with Gasteiger partial charge >= 0.3 is 0 Å². The first-order valence-electron chi connectivity index (χ1n) is 4.78. The highest BCUT2D eigenvalue weighted by Crippen LogP contribution is 2.27. The molecule has 14 heavy (non-hydrogen) atoms. The maximum Gasteiger partial charge on any atom is 0.241 e. The normalized spacial score (nSPS) is 15.4. The number of hydrogen-bond donors (Lipinski definition) is 2. The van der Waals surface area contributed by atoms with Gasteiger partial charge in [-0.1, -0.05) is 0 Å². The first-order valence-corrected chi connectivity index (χ1v) is 4.78. The molecule has 1 aromatic rings. The van der Waals surface area contributed by atoms with Crippen LogP contribution in [0.4, 0.5) is 5.69 Å². The van der Waals surface area contributed by atoms with Gasteiger partial charge in [-0.3, -0.25) is 9.48 Å². The molecule has 1 saturated carbocycles. The van der Waals surface area contributed by atoms with Crippen molar-refractivity contribution in [2.75, 3.05) is 12.3 Å². The largest absolute Gasteiger partial charge is 0.396 e. The summed E-state index contributed by atoms with van der Waals surface area (Å²) in [5, 5.41) is 6.79. The molecule has 1 aliphatic carbocycles. The summed E-state index contributed by atoms with van der Waals surface area (Å²) in [4.78, 5) is 11.3. The van der Waals surface area contributed by atoms with Crippen LogP contribution in [-0.2, 0) is 11.3 Å². The van der Waals surface area contributed by atoms with Crippen molar-refractivity contribution in [1.82, 2.24) is 15.1 Å². The van der Waals surface area contributed by atoms with E-state index in [1.165, 1.54) is 23.7 Å². The molecular weight excluding hydrogens is 180 g/mol. The number of carbonyl (C=O) groups is 1. The van der Waals surface area contributed by atoms with Gasteiger partial charge < -0.3 is 11.1 Å². The maximum atomic E-state index is 11.3. The average molecular weight is 194 g/mol. The molecule has 0 aromatic carbocycles. The fraction of sp³-hybridized carbons (Fsp3) is 0.556. The van der Waals surface area contributed by atoms with Crippen molar-refractivity contribution in [3.05, 3.63) is 12.4 Å². The molecule has 1 aliphatic rings. The standard InChI is InChI=1S/C9H14N4O/c10-8-4-12-13(5-8)6-9(14)11-3-7-1-2-7/h4-5,7H,1-3,6,10H2,(H,11,14). The van der Waals surface area contributed by atoms with Gasteiger partial charge in [-0.25, -0.2) is 0 Å². The average Bonchev–Trinajstić information content (AvgIpc) is 2.88. The molecule has 0 spiro atoms. The van der Waals surface area contributed by atoms with Crippen LogP contribution < -0.4 is 11.1 Å². The summed E-state index contributed by atoms with van der Waals surface area (Å²) < 4.78 is 1.54. The zero-order valence-corrected chi connectivity index (χ0v) is 7.94. The summed E-state index contributed by atoms with van der Waals surface area (Å²) >= 11 is 0. The van der Waals surface area contributed by atoms with E-state index in [2.05, 4.69) is 10.4 Å². The Kier molecular flexibility index (Phi) is 2.39. The summed E-state index contributed by atoms with van der Waals surface area (Å²) in [6.07, 6.45) is 5.68. The van der Waals surface area contributed by atoms with Crippen molar-refractivity contribution in [2.45, 2.75) is 19.4 Å². The van der Waals surface area contributed by atoms with Crippen LogP contribution in [0, 0.1) is 5.92 Å². The monoisotopic (exact) mass is 194 g/mol. The number of nitrogens with zero attached hydrogens (tertiary/aromatic N) is 2. The third-order valence-electron chi connectivity index (χ3n) is 2.24. The van der Waals surface area contributed by atoms with E-state index >= 15 is 0 Å². The van der Waals surface area contributed by atoms with E-state index < -0.39 is 0 Å². The van der Waals surface area contributed by atoms with Crippen LogP contribution in [0.3, 0.4) is 0 Å². The summed E-state index contributed by atoms with van der Waals surface area (Å²) in [5.74, 6) is 0.710. The van der Waals surface area contributed by atoms with E-state index in [1.54, 1.807) is 6.20 Å². The number of nitrogen functional groups attached to an aromatic ring is 1. The van der Waals surface area contributed by atoms with Crippen molar-refractivity contribution in [2.24, 2.45) is 5.92 Å². The SMILES string of the molecule is Nc1cnn(CC(=O)NCC2CC2)c1. The van der Waals surface area contributed by atoms with Crippen LogP contribution in [0.1, 0.15) is 12.8 Å². The van der Waals surface area contributed by atoms with Crippen molar-refractivity contribution in [3.63, 3.8) is 0 Å². The lowest BCUT2D eigenvalue weighted by atomic mass is 10.4. The fourth-order valence-electron chi connectivity index (χ4n) is 1.25. The Labute approximate surface area is 82.3 Å². The molecule has 2 rings (SSSR count). The predicted molar refractivity (Wildman–Crippen MR) is 52.4 cm³/mol. The van der Waals surface area contributed by atoms with Gasteiger partial charge in [-0.05, 0) is 18.8 Å². The van der Waals surface area contributed by atoms with Crippen molar-refractivity contribution in [3.8, 4) is 0 Å². The Balaban J connectivity index is 1.75. The van der Waals surface area contributed by atoms with Gasteiger partial charge in [0.25, 0.3) is 0 Å². The fourth-order valence-corrected chi connectivity index (χ4v) is 1.25. The summed E-state index contributed by atoms with van der Waals surface area (Å²) in [6.45, 7) is 1.06. The zero-order valence-electron chi connectivity index (χ0n) is 7.94. The molecule has 1 aromatic heterocycles. The minimum absolute atomic E-state index is 0.000000000000000222. The van der Waals surface area contributed by atoms with Crippen molar-refractivity contribution >= 4 is 11.6 Å². The van der Waals surface area contributed by atoms with Gasteiger partial charge in [0, 0.05) is 12.7 Å². The lowest BCUT2D eigenvalue weighted by Crippen LogP contribution is -2.29. The topological polar surface area (TPSA) is 72.9 Å². The summed E-state index contributed by atoms with van der Waals surface area (Å²) in [7, 11) is 0. The lowest BCUT2D eigenvalue weighted by Gasteiger charge is -2.03. The highest BCUT2D eigenvalue weighted by molar-refractivity contribution is 5.75. The number of hydrogen-bond acceptors (Lipinski definition) is 3. The molecule has 5 nitrogen and oxygen atoms in total. The number of nitrogens with two attached hydrogens (primary N) is 1. The summed E-state index contributed by atoms with van der Waals surface area (Å²) in [5.41, 5.74) is 6.05. The maximum absolute atomic E-state index is 11.3. The quantitative estimate of drug-likeness (QED) is 0.708. The van der Waals surface area contributed by atoms with Crippen LogP contribution in [0.5, 0.6) is 0 Å². The zero-order chi connectivity index (χ0) is 9.97. The van der Waals surface area contributed by atoms with Gasteiger partial charge in [0.05, 0.1) is 11.9 Å². The number of carbonyl (C=O) groups excluding carboxylic acids is 1.